The van der Waals surface area contributed by atoms with Crippen molar-refractivity contribution in [3.63, 3.8) is 0 Å². The molecule has 0 spiro atoms. The molecule has 1 heterocycles. The highest BCUT2D eigenvalue weighted by Crippen LogP contribution is 2.36. The molecular formula is C27H22N2O7S. The molecule has 2 N–H and O–H groups in total. The molecule has 3 aromatic rings. The van der Waals surface area contributed by atoms with Gasteiger partial charge in [-0.2, -0.15) is 0 Å². The second-order valence-corrected chi connectivity index (χ2v) is 8.84. The van der Waals surface area contributed by atoms with Crippen LogP contribution in [0.2, 0.25) is 0 Å². The molecule has 188 valence electrons. The number of benzene rings is 3. The predicted molar refractivity (Wildman–Crippen MR) is 139 cm³/mol. The Balaban J connectivity index is 1.64. The number of rotatable bonds is 9. The van der Waals surface area contributed by atoms with Crippen LogP contribution in [-0.2, 0) is 16.1 Å². The number of carbonyl (C=O) groups is 3. The number of para-hydroxylation sites is 1. The Hall–Kier alpha value is -4.57. The highest BCUT2D eigenvalue weighted by Gasteiger charge is 2.33. The van der Waals surface area contributed by atoms with Crippen LogP contribution in [0.3, 0.4) is 0 Å². The van der Waals surface area contributed by atoms with Crippen LogP contribution in [0.5, 0.6) is 11.5 Å². The summed E-state index contributed by atoms with van der Waals surface area (Å²) in [4.78, 5) is 42.1. The fraction of sp³-hybridized carbons (Fsp3) is 0.111. The van der Waals surface area contributed by atoms with Crippen molar-refractivity contribution in [2.24, 2.45) is 4.99 Å². The van der Waals surface area contributed by atoms with E-state index in [9.17, 15) is 14.4 Å². The number of carboxylic acids is 2. The summed E-state index contributed by atoms with van der Waals surface area (Å²) in [5.41, 5.74) is 2.26. The van der Waals surface area contributed by atoms with Gasteiger partial charge < -0.3 is 19.7 Å². The molecule has 0 unspecified atom stereocenters. The maximum Gasteiger partial charge on any atom is 0.341 e. The lowest BCUT2D eigenvalue weighted by molar-refractivity contribution is -0.139. The first-order valence-electron chi connectivity index (χ1n) is 11.0. The summed E-state index contributed by atoms with van der Waals surface area (Å²) >= 11 is 1.22. The molecule has 1 fully saturated rings. The number of thioether (sulfide) groups is 1. The molecule has 1 aliphatic heterocycles. The predicted octanol–water partition coefficient (Wildman–Crippen LogP) is 4.66. The van der Waals surface area contributed by atoms with E-state index in [0.29, 0.717) is 27.1 Å². The zero-order valence-electron chi connectivity index (χ0n) is 19.7. The van der Waals surface area contributed by atoms with Gasteiger partial charge in [0.05, 0.1) is 29.8 Å². The number of aliphatic carboxylic acids is 1. The number of carbonyl (C=O) groups excluding carboxylic acids is 1. The zero-order valence-corrected chi connectivity index (χ0v) is 20.5. The molecule has 1 amide bonds. The van der Waals surface area contributed by atoms with E-state index in [2.05, 4.69) is 4.99 Å². The third-order valence-electron chi connectivity index (χ3n) is 5.25. The van der Waals surface area contributed by atoms with E-state index in [1.165, 1.54) is 31.0 Å². The van der Waals surface area contributed by atoms with Gasteiger partial charge in [-0.25, -0.2) is 14.6 Å². The van der Waals surface area contributed by atoms with Crippen molar-refractivity contribution in [1.29, 1.82) is 0 Å². The van der Waals surface area contributed by atoms with Crippen LogP contribution in [0, 0.1) is 0 Å². The van der Waals surface area contributed by atoms with Gasteiger partial charge in [-0.15, -0.1) is 0 Å². The SMILES string of the molecule is COc1cc(/C=C2\SC(=Nc3ccccc3)N(Cc3ccc(C(=O)O)cc3)C2=O)ccc1OCC(=O)O. The molecule has 4 rings (SSSR count). The highest BCUT2D eigenvalue weighted by atomic mass is 32.2. The standard InChI is InChI=1S/C27H22N2O7S/c1-35-22-13-18(9-12-21(22)36-16-24(30)31)14-23-25(32)29(15-17-7-10-19(11-8-17)26(33)34)27(37-23)28-20-5-3-2-4-6-20/h2-14H,15-16H2,1H3,(H,30,31)(H,33,34)/b23-14-,28-27?. The fourth-order valence-corrected chi connectivity index (χ4v) is 4.46. The lowest BCUT2D eigenvalue weighted by Gasteiger charge is -2.16. The Morgan fingerprint density at radius 2 is 1.73 bits per heavy atom. The number of carboxylic acid groups (broad SMARTS) is 2. The first-order valence-corrected chi connectivity index (χ1v) is 11.9. The van der Waals surface area contributed by atoms with Crippen LogP contribution in [0.25, 0.3) is 6.08 Å². The molecule has 1 saturated heterocycles. The summed E-state index contributed by atoms with van der Waals surface area (Å²) in [6.45, 7) is -0.299. The number of amides is 1. The average molecular weight is 519 g/mol. The van der Waals surface area contributed by atoms with Gasteiger partial charge in [-0.1, -0.05) is 36.4 Å². The number of aromatic carboxylic acids is 1. The van der Waals surface area contributed by atoms with Crippen molar-refractivity contribution in [1.82, 2.24) is 4.90 Å². The maximum absolute atomic E-state index is 13.4. The van der Waals surface area contributed by atoms with Crippen molar-refractivity contribution in [3.05, 3.63) is 94.4 Å². The Labute approximate surface area is 216 Å². The molecule has 0 saturated carbocycles. The van der Waals surface area contributed by atoms with Crippen molar-refractivity contribution in [2.45, 2.75) is 6.54 Å². The maximum atomic E-state index is 13.4. The summed E-state index contributed by atoms with van der Waals surface area (Å²) in [7, 11) is 1.44. The lowest BCUT2D eigenvalue weighted by atomic mass is 10.1. The largest absolute Gasteiger partial charge is 0.493 e. The number of amidine groups is 1. The molecule has 0 aliphatic carbocycles. The van der Waals surface area contributed by atoms with Crippen LogP contribution < -0.4 is 9.47 Å². The summed E-state index contributed by atoms with van der Waals surface area (Å²) in [5.74, 6) is -1.78. The molecule has 3 aromatic carbocycles. The minimum Gasteiger partial charge on any atom is -0.493 e. The van der Waals surface area contributed by atoms with E-state index in [1.807, 2.05) is 30.3 Å². The van der Waals surface area contributed by atoms with Crippen molar-refractivity contribution in [2.75, 3.05) is 13.7 Å². The first kappa shape index (κ1) is 25.5. The van der Waals surface area contributed by atoms with E-state index < -0.39 is 18.5 Å². The van der Waals surface area contributed by atoms with Gasteiger partial charge in [0.15, 0.2) is 23.3 Å². The number of ether oxygens (including phenoxy) is 2. The van der Waals surface area contributed by atoms with Crippen molar-refractivity contribution < 1.29 is 34.1 Å². The molecule has 1 aliphatic rings. The number of methoxy groups -OCH3 is 1. The van der Waals surface area contributed by atoms with Gasteiger partial charge in [0.2, 0.25) is 0 Å². The van der Waals surface area contributed by atoms with Gasteiger partial charge in [0.25, 0.3) is 5.91 Å². The average Bonchev–Trinajstić information content (AvgIpc) is 3.17. The van der Waals surface area contributed by atoms with Crippen LogP contribution in [0.4, 0.5) is 5.69 Å². The van der Waals surface area contributed by atoms with Crippen LogP contribution in [0.15, 0.2) is 82.7 Å². The Bertz CT molecular complexity index is 1390. The molecule has 0 atom stereocenters. The smallest absolute Gasteiger partial charge is 0.341 e. The normalized spacial score (nSPS) is 15.3. The third-order valence-corrected chi connectivity index (χ3v) is 6.25. The number of nitrogens with zero attached hydrogens (tertiary/aromatic N) is 2. The Kier molecular flexibility index (Phi) is 7.89. The second-order valence-electron chi connectivity index (χ2n) is 7.83. The molecule has 9 nitrogen and oxygen atoms in total. The zero-order chi connectivity index (χ0) is 26.4. The summed E-state index contributed by atoms with van der Waals surface area (Å²) in [6.07, 6.45) is 1.70. The van der Waals surface area contributed by atoms with E-state index in [-0.39, 0.29) is 23.8 Å². The summed E-state index contributed by atoms with van der Waals surface area (Å²) in [5, 5.41) is 18.5. The molecular weight excluding hydrogens is 496 g/mol. The topological polar surface area (TPSA) is 126 Å². The number of hydrogen-bond acceptors (Lipinski definition) is 7. The monoisotopic (exact) mass is 518 g/mol. The van der Waals surface area contributed by atoms with Crippen molar-refractivity contribution in [3.8, 4) is 11.5 Å². The molecule has 0 radical (unpaired) electrons. The van der Waals surface area contributed by atoms with Crippen LogP contribution in [0.1, 0.15) is 21.5 Å². The molecule has 0 bridgehead atoms. The molecule has 10 heteroatoms. The van der Waals surface area contributed by atoms with E-state index >= 15 is 0 Å². The number of hydrogen-bond donors (Lipinski definition) is 2. The number of aliphatic imine (C=N–C) groups is 1. The van der Waals surface area contributed by atoms with E-state index in [1.54, 1.807) is 41.3 Å². The minimum absolute atomic E-state index is 0.161. The van der Waals surface area contributed by atoms with E-state index in [0.717, 1.165) is 5.56 Å². The quantitative estimate of drug-likeness (QED) is 0.392. The third kappa shape index (κ3) is 6.36. The highest BCUT2D eigenvalue weighted by molar-refractivity contribution is 8.18. The van der Waals surface area contributed by atoms with Crippen LogP contribution in [-0.4, -0.2) is 51.8 Å². The van der Waals surface area contributed by atoms with Crippen LogP contribution >= 0.6 is 11.8 Å². The second kappa shape index (κ2) is 11.4. The van der Waals surface area contributed by atoms with Gasteiger partial charge in [0, 0.05) is 0 Å². The minimum atomic E-state index is -1.11. The van der Waals surface area contributed by atoms with Gasteiger partial charge >= 0.3 is 11.9 Å². The summed E-state index contributed by atoms with van der Waals surface area (Å²) in [6, 6.07) is 20.5. The van der Waals surface area contributed by atoms with Crippen molar-refractivity contribution >= 4 is 46.5 Å². The molecule has 37 heavy (non-hydrogen) atoms. The fourth-order valence-electron chi connectivity index (χ4n) is 3.46. The Morgan fingerprint density at radius 3 is 2.38 bits per heavy atom. The first-order chi connectivity index (χ1) is 17.8. The van der Waals surface area contributed by atoms with Gasteiger partial charge in [0.1, 0.15) is 0 Å². The Morgan fingerprint density at radius 1 is 1.00 bits per heavy atom. The van der Waals surface area contributed by atoms with Gasteiger partial charge in [-0.3, -0.25) is 9.69 Å². The summed E-state index contributed by atoms with van der Waals surface area (Å²) < 4.78 is 10.6. The molecule has 0 aromatic heterocycles. The van der Waals surface area contributed by atoms with Gasteiger partial charge in [-0.05, 0) is 65.4 Å². The van der Waals surface area contributed by atoms with E-state index in [4.69, 9.17) is 19.7 Å². The lowest BCUT2D eigenvalue weighted by Crippen LogP contribution is -2.28.